The number of nitro groups is 1. The molecule has 10 nitrogen and oxygen atoms in total. The molecule has 134 valence electrons. The Balaban J connectivity index is 2.26. The van der Waals surface area contributed by atoms with Crippen molar-refractivity contribution < 1.29 is 28.8 Å². The molecule has 0 saturated heterocycles. The first-order chi connectivity index (χ1) is 12.4. The zero-order valence-corrected chi connectivity index (χ0v) is 13.1. The molecule has 26 heavy (non-hydrogen) atoms. The number of carboxylic acids is 1. The van der Waals surface area contributed by atoms with Gasteiger partial charge in [-0.2, -0.15) is 0 Å². The number of carbonyl (C=O) groups excluding carboxylic acids is 3. The van der Waals surface area contributed by atoms with Gasteiger partial charge in [-0.25, -0.2) is 0 Å². The Bertz CT molecular complexity index is 854. The number of furan rings is 1. The van der Waals surface area contributed by atoms with Crippen LogP contribution in [0.3, 0.4) is 0 Å². The van der Waals surface area contributed by atoms with Crippen molar-refractivity contribution in [3.8, 4) is 0 Å². The van der Waals surface area contributed by atoms with E-state index >= 15 is 0 Å². The Labute approximate surface area is 146 Å². The third kappa shape index (κ3) is 5.03. The Morgan fingerprint density at radius 1 is 1.15 bits per heavy atom. The van der Waals surface area contributed by atoms with Gasteiger partial charge in [-0.1, -0.05) is 0 Å². The number of carbonyl (C=O) groups is 3. The van der Waals surface area contributed by atoms with E-state index in [4.69, 9.17) is 4.42 Å². The maximum atomic E-state index is 12.1. The molecule has 2 N–H and O–H groups in total. The van der Waals surface area contributed by atoms with Gasteiger partial charge in [0, 0.05) is 12.1 Å². The molecule has 0 fully saturated rings. The summed E-state index contributed by atoms with van der Waals surface area (Å²) in [6, 6.07) is 8.02. The van der Waals surface area contributed by atoms with Gasteiger partial charge in [0.25, 0.3) is 17.5 Å². The molecule has 0 bridgehead atoms. The van der Waals surface area contributed by atoms with E-state index in [2.05, 4.69) is 10.6 Å². The van der Waals surface area contributed by atoms with Crippen molar-refractivity contribution in [1.29, 1.82) is 0 Å². The number of benzene rings is 1. The smallest absolute Gasteiger partial charge is 0.291 e. The van der Waals surface area contributed by atoms with Crippen molar-refractivity contribution >= 4 is 29.5 Å². The highest BCUT2D eigenvalue weighted by atomic mass is 16.6. The van der Waals surface area contributed by atoms with Crippen LogP contribution in [0, 0.1) is 10.1 Å². The Morgan fingerprint density at radius 3 is 2.38 bits per heavy atom. The van der Waals surface area contributed by atoms with Crippen LogP contribution in [-0.4, -0.2) is 29.3 Å². The van der Waals surface area contributed by atoms with Crippen LogP contribution in [0.4, 0.5) is 5.69 Å². The molecular formula is C16H12N3O7-. The Morgan fingerprint density at radius 2 is 1.85 bits per heavy atom. The monoisotopic (exact) mass is 358 g/mol. The van der Waals surface area contributed by atoms with Crippen molar-refractivity contribution in [2.45, 2.75) is 0 Å². The highest BCUT2D eigenvalue weighted by Gasteiger charge is 2.16. The highest BCUT2D eigenvalue weighted by Crippen LogP contribution is 2.14. The molecule has 0 aliphatic carbocycles. The van der Waals surface area contributed by atoms with Crippen molar-refractivity contribution in [2.24, 2.45) is 0 Å². The number of rotatable bonds is 7. The van der Waals surface area contributed by atoms with E-state index in [1.54, 1.807) is 0 Å². The molecule has 2 rings (SSSR count). The fraction of sp³-hybridized carbons (Fsp3) is 0.0625. The van der Waals surface area contributed by atoms with Crippen LogP contribution in [0.2, 0.25) is 0 Å². The first-order valence-corrected chi connectivity index (χ1v) is 7.16. The minimum atomic E-state index is -1.51. The predicted octanol–water partition coefficient (Wildman–Crippen LogP) is -0.175. The zero-order valence-electron chi connectivity index (χ0n) is 13.1. The number of amides is 2. The topological polar surface area (TPSA) is 155 Å². The largest absolute Gasteiger partial charge is 0.548 e. The molecule has 0 aliphatic rings. The van der Waals surface area contributed by atoms with Crippen molar-refractivity contribution in [3.05, 3.63) is 69.8 Å². The molecule has 2 amide bonds. The van der Waals surface area contributed by atoms with Gasteiger partial charge in [0.2, 0.25) is 0 Å². The molecule has 10 heteroatoms. The Hall–Kier alpha value is -3.95. The average Bonchev–Trinajstić information content (AvgIpc) is 3.14. The van der Waals surface area contributed by atoms with Crippen LogP contribution >= 0.6 is 0 Å². The second kappa shape index (κ2) is 8.24. The third-order valence-corrected chi connectivity index (χ3v) is 3.05. The van der Waals surface area contributed by atoms with E-state index in [0.717, 1.165) is 0 Å². The third-order valence-electron chi connectivity index (χ3n) is 3.05. The maximum Gasteiger partial charge on any atom is 0.291 e. The van der Waals surface area contributed by atoms with E-state index in [0.29, 0.717) is 5.56 Å². The van der Waals surface area contributed by atoms with Crippen molar-refractivity contribution in [3.63, 3.8) is 0 Å². The normalized spacial score (nSPS) is 10.8. The van der Waals surface area contributed by atoms with Gasteiger partial charge in [0.1, 0.15) is 5.70 Å². The lowest BCUT2D eigenvalue weighted by atomic mass is 10.1. The summed E-state index contributed by atoms with van der Waals surface area (Å²) >= 11 is 0. The quantitative estimate of drug-likeness (QED) is 0.395. The number of nitrogens with one attached hydrogen (secondary N) is 2. The lowest BCUT2D eigenvalue weighted by Crippen LogP contribution is -2.41. The highest BCUT2D eigenvalue weighted by molar-refractivity contribution is 6.04. The molecule has 0 aliphatic heterocycles. The summed E-state index contributed by atoms with van der Waals surface area (Å²) in [5, 5.41) is 25.5. The lowest BCUT2D eigenvalue weighted by molar-refractivity contribution is -0.384. The van der Waals surface area contributed by atoms with E-state index < -0.39 is 29.3 Å². The van der Waals surface area contributed by atoms with Crippen molar-refractivity contribution in [1.82, 2.24) is 10.6 Å². The number of non-ortho nitro benzene ring substituents is 1. The summed E-state index contributed by atoms with van der Waals surface area (Å²) in [6.45, 7) is -0.757. The molecular weight excluding hydrogens is 346 g/mol. The SMILES string of the molecule is O=C([O-])CNC(=O)/C(=C\c1ccc([N+](=O)[O-])cc1)NC(=O)c1ccco1. The van der Waals surface area contributed by atoms with Gasteiger partial charge in [-0.05, 0) is 35.9 Å². The molecule has 0 radical (unpaired) electrons. The van der Waals surface area contributed by atoms with Crippen LogP contribution in [0.5, 0.6) is 0 Å². The number of hydrogen-bond acceptors (Lipinski definition) is 7. The Kier molecular flexibility index (Phi) is 5.83. The summed E-state index contributed by atoms with van der Waals surface area (Å²) in [5.41, 5.74) is -0.0554. The maximum absolute atomic E-state index is 12.1. The van der Waals surface area contributed by atoms with E-state index in [-0.39, 0.29) is 17.1 Å². The van der Waals surface area contributed by atoms with Gasteiger partial charge in [-0.15, -0.1) is 0 Å². The van der Waals surface area contributed by atoms with Crippen LogP contribution in [0.15, 0.2) is 52.8 Å². The fourth-order valence-electron chi connectivity index (χ4n) is 1.86. The van der Waals surface area contributed by atoms with Gasteiger partial charge >= 0.3 is 0 Å². The summed E-state index contributed by atoms with van der Waals surface area (Å²) in [7, 11) is 0. The van der Waals surface area contributed by atoms with Crippen molar-refractivity contribution in [2.75, 3.05) is 6.54 Å². The number of hydrogen-bond donors (Lipinski definition) is 2. The second-order valence-electron chi connectivity index (χ2n) is 4.89. The predicted molar refractivity (Wildman–Crippen MR) is 85.3 cm³/mol. The average molecular weight is 358 g/mol. The standard InChI is InChI=1S/C16H13N3O7/c20-14(21)9-17-15(22)12(18-16(23)13-2-1-7-26-13)8-10-3-5-11(6-4-10)19(24)25/h1-8H,9H2,(H,17,22)(H,18,23)(H,20,21)/p-1/b12-8+. The molecule has 1 heterocycles. The van der Waals surface area contributed by atoms with Gasteiger partial charge in [0.05, 0.1) is 23.7 Å². The molecule has 0 atom stereocenters. The number of nitro benzene ring substituents is 1. The van der Waals surface area contributed by atoms with Gasteiger partial charge in [-0.3, -0.25) is 19.7 Å². The second-order valence-corrected chi connectivity index (χ2v) is 4.89. The van der Waals surface area contributed by atoms with Gasteiger partial charge < -0.3 is 25.0 Å². The minimum absolute atomic E-state index is 0.0627. The number of carboxylic acid groups (broad SMARTS) is 1. The summed E-state index contributed by atoms with van der Waals surface area (Å²) in [5.74, 6) is -3.18. The van der Waals surface area contributed by atoms with Crippen LogP contribution in [0.1, 0.15) is 16.1 Å². The van der Waals surface area contributed by atoms with Crippen LogP contribution in [0.25, 0.3) is 6.08 Å². The zero-order chi connectivity index (χ0) is 19.1. The number of aliphatic carboxylic acids is 1. The van der Waals surface area contributed by atoms with Crippen LogP contribution in [-0.2, 0) is 9.59 Å². The summed E-state index contributed by atoms with van der Waals surface area (Å²) in [4.78, 5) is 44.7. The molecule has 2 aromatic rings. The molecule has 0 spiro atoms. The molecule has 0 unspecified atom stereocenters. The first-order valence-electron chi connectivity index (χ1n) is 7.16. The molecule has 0 saturated carbocycles. The van der Waals surface area contributed by atoms with E-state index in [9.17, 15) is 29.6 Å². The van der Waals surface area contributed by atoms with E-state index in [1.165, 1.54) is 48.7 Å². The van der Waals surface area contributed by atoms with Gasteiger partial charge in [0.15, 0.2) is 5.76 Å². The fourth-order valence-corrected chi connectivity index (χ4v) is 1.86. The minimum Gasteiger partial charge on any atom is -0.548 e. The van der Waals surface area contributed by atoms with E-state index in [1.807, 2.05) is 0 Å². The first kappa shape index (κ1) is 18.4. The lowest BCUT2D eigenvalue weighted by Gasteiger charge is -2.10. The summed E-state index contributed by atoms with van der Waals surface area (Å²) in [6.07, 6.45) is 2.50. The molecule has 1 aromatic carbocycles. The summed E-state index contributed by atoms with van der Waals surface area (Å²) < 4.78 is 4.92. The number of nitrogens with zero attached hydrogens (tertiary/aromatic N) is 1. The molecule has 1 aromatic heterocycles. The van der Waals surface area contributed by atoms with Crippen LogP contribution < -0.4 is 15.7 Å².